The van der Waals surface area contributed by atoms with Crippen molar-refractivity contribution in [3.05, 3.63) is 23.7 Å². The van der Waals surface area contributed by atoms with Gasteiger partial charge in [0, 0.05) is 18.1 Å². The Balaban J connectivity index is 2.86. The Morgan fingerprint density at radius 3 is 2.85 bits per heavy atom. The summed E-state index contributed by atoms with van der Waals surface area (Å²) in [5.74, 6) is -0.982. The number of aryl methyl sites for hydroxylation is 1. The van der Waals surface area contributed by atoms with Crippen LogP contribution in [0.15, 0.2) is 12.4 Å². The molecular weight excluding hydrogens is 170 g/mol. The quantitative estimate of drug-likeness (QED) is 0.680. The van der Waals surface area contributed by atoms with E-state index in [2.05, 4.69) is 15.0 Å². The van der Waals surface area contributed by atoms with E-state index in [0.29, 0.717) is 16.9 Å². The number of H-pyrrole nitrogens is 1. The molecule has 0 atom stereocenters. The highest BCUT2D eigenvalue weighted by Crippen LogP contribution is 2.17. The molecule has 2 N–H and O–H groups in total. The number of fused-ring (bicyclic) bond motifs is 1. The highest BCUT2D eigenvalue weighted by molar-refractivity contribution is 6.01. The first kappa shape index (κ1) is 7.72. The molecule has 0 amide bonds. The summed E-state index contributed by atoms with van der Waals surface area (Å²) in [6.45, 7) is 1.69. The minimum absolute atomic E-state index is 0.197. The minimum Gasteiger partial charge on any atom is -0.478 e. The van der Waals surface area contributed by atoms with E-state index in [1.807, 2.05) is 0 Å². The van der Waals surface area contributed by atoms with Crippen molar-refractivity contribution in [2.24, 2.45) is 0 Å². The van der Waals surface area contributed by atoms with Crippen molar-refractivity contribution in [3.63, 3.8) is 0 Å². The summed E-state index contributed by atoms with van der Waals surface area (Å²) in [5, 5.41) is 8.86. The predicted octanol–water partition coefficient (Wildman–Crippen LogP) is 0.965. The normalized spacial score (nSPS) is 10.5. The van der Waals surface area contributed by atoms with E-state index in [-0.39, 0.29) is 5.56 Å². The average molecular weight is 177 g/mol. The molecule has 0 aliphatic carbocycles. The van der Waals surface area contributed by atoms with Crippen LogP contribution in [0.1, 0.15) is 16.1 Å². The van der Waals surface area contributed by atoms with Crippen LogP contribution in [0.5, 0.6) is 0 Å². The third-order valence-corrected chi connectivity index (χ3v) is 1.83. The largest absolute Gasteiger partial charge is 0.478 e. The van der Waals surface area contributed by atoms with Crippen LogP contribution in [0.2, 0.25) is 0 Å². The number of carboxylic acid groups (broad SMARTS) is 1. The van der Waals surface area contributed by atoms with Crippen LogP contribution >= 0.6 is 0 Å². The molecule has 66 valence electrons. The standard InChI is InChI=1S/C8H7N3O2/c1-4-5(8(12)13)6-7(11-4)10-3-2-9-6/h2-3H,1H3,(H,10,11)(H,12,13). The molecule has 0 fully saturated rings. The van der Waals surface area contributed by atoms with Gasteiger partial charge in [0.1, 0.15) is 11.1 Å². The number of nitrogens with zero attached hydrogens (tertiary/aromatic N) is 2. The summed E-state index contributed by atoms with van der Waals surface area (Å²) in [6, 6.07) is 0. The van der Waals surface area contributed by atoms with Crippen molar-refractivity contribution >= 4 is 17.1 Å². The molecule has 0 saturated heterocycles. The van der Waals surface area contributed by atoms with Crippen LogP contribution in [0.25, 0.3) is 11.2 Å². The number of aromatic amines is 1. The zero-order chi connectivity index (χ0) is 9.42. The summed E-state index contributed by atoms with van der Waals surface area (Å²) in [6.07, 6.45) is 2.99. The van der Waals surface area contributed by atoms with Gasteiger partial charge >= 0.3 is 5.97 Å². The Hall–Kier alpha value is -1.91. The molecule has 0 saturated carbocycles. The second-order valence-electron chi connectivity index (χ2n) is 2.68. The Kier molecular flexibility index (Phi) is 1.51. The van der Waals surface area contributed by atoms with Gasteiger partial charge in [-0.3, -0.25) is 4.98 Å². The molecule has 0 bridgehead atoms. The molecule has 2 rings (SSSR count). The van der Waals surface area contributed by atoms with E-state index in [1.54, 1.807) is 6.92 Å². The van der Waals surface area contributed by atoms with Crippen molar-refractivity contribution in [2.75, 3.05) is 0 Å². The van der Waals surface area contributed by atoms with Gasteiger partial charge in [0.05, 0.1) is 0 Å². The second-order valence-corrected chi connectivity index (χ2v) is 2.68. The summed E-state index contributed by atoms with van der Waals surface area (Å²) < 4.78 is 0. The second kappa shape index (κ2) is 2.55. The summed E-state index contributed by atoms with van der Waals surface area (Å²) in [5.41, 5.74) is 1.70. The van der Waals surface area contributed by atoms with Crippen LogP contribution in [0, 0.1) is 6.92 Å². The number of carbonyl (C=O) groups is 1. The lowest BCUT2D eigenvalue weighted by atomic mass is 10.2. The maximum absolute atomic E-state index is 10.8. The van der Waals surface area contributed by atoms with E-state index in [4.69, 9.17) is 5.11 Å². The monoisotopic (exact) mass is 177 g/mol. The molecule has 2 aromatic rings. The molecule has 2 heterocycles. The van der Waals surface area contributed by atoms with E-state index < -0.39 is 5.97 Å². The lowest BCUT2D eigenvalue weighted by Gasteiger charge is -1.90. The van der Waals surface area contributed by atoms with Gasteiger partial charge < -0.3 is 10.1 Å². The van der Waals surface area contributed by atoms with Crippen LogP contribution < -0.4 is 0 Å². The molecule has 2 aromatic heterocycles. The van der Waals surface area contributed by atoms with E-state index >= 15 is 0 Å². The Bertz CT molecular complexity index is 475. The molecule has 0 aliphatic heterocycles. The minimum atomic E-state index is -0.982. The lowest BCUT2D eigenvalue weighted by Crippen LogP contribution is -1.97. The van der Waals surface area contributed by atoms with Crippen molar-refractivity contribution in [1.29, 1.82) is 0 Å². The number of aromatic nitrogens is 3. The number of hydrogen-bond acceptors (Lipinski definition) is 3. The van der Waals surface area contributed by atoms with E-state index in [1.165, 1.54) is 12.4 Å². The maximum atomic E-state index is 10.8. The Morgan fingerprint density at radius 1 is 1.46 bits per heavy atom. The van der Waals surface area contributed by atoms with Crippen LogP contribution in [0.3, 0.4) is 0 Å². The Morgan fingerprint density at radius 2 is 2.15 bits per heavy atom. The zero-order valence-corrected chi connectivity index (χ0v) is 6.90. The van der Waals surface area contributed by atoms with Gasteiger partial charge in [-0.2, -0.15) is 0 Å². The third kappa shape index (κ3) is 1.05. The highest BCUT2D eigenvalue weighted by atomic mass is 16.4. The number of nitrogens with one attached hydrogen (secondary N) is 1. The number of carboxylic acids is 1. The molecule has 13 heavy (non-hydrogen) atoms. The molecular formula is C8H7N3O2. The summed E-state index contributed by atoms with van der Waals surface area (Å²) in [7, 11) is 0. The van der Waals surface area contributed by atoms with E-state index in [9.17, 15) is 4.79 Å². The fourth-order valence-electron chi connectivity index (χ4n) is 1.29. The SMILES string of the molecule is Cc1[nH]c2nccnc2c1C(=O)O. The van der Waals surface area contributed by atoms with E-state index in [0.717, 1.165) is 0 Å². The topological polar surface area (TPSA) is 78.9 Å². The third-order valence-electron chi connectivity index (χ3n) is 1.83. The van der Waals surface area contributed by atoms with Gasteiger partial charge in [-0.05, 0) is 6.92 Å². The lowest BCUT2D eigenvalue weighted by molar-refractivity contribution is 0.0698. The fourth-order valence-corrected chi connectivity index (χ4v) is 1.29. The van der Waals surface area contributed by atoms with Gasteiger partial charge in [-0.25, -0.2) is 9.78 Å². The first-order valence-corrected chi connectivity index (χ1v) is 3.72. The maximum Gasteiger partial charge on any atom is 0.339 e. The predicted molar refractivity (Wildman–Crippen MR) is 45.6 cm³/mol. The number of aromatic carboxylic acids is 1. The highest BCUT2D eigenvalue weighted by Gasteiger charge is 2.15. The van der Waals surface area contributed by atoms with Crippen LogP contribution in [-0.4, -0.2) is 26.0 Å². The molecule has 0 aliphatic rings. The van der Waals surface area contributed by atoms with Crippen molar-refractivity contribution in [3.8, 4) is 0 Å². The average Bonchev–Trinajstić information content (AvgIpc) is 2.39. The smallest absolute Gasteiger partial charge is 0.339 e. The van der Waals surface area contributed by atoms with Crippen molar-refractivity contribution in [2.45, 2.75) is 6.92 Å². The molecule has 0 radical (unpaired) electrons. The molecule has 0 aromatic carbocycles. The fraction of sp³-hybridized carbons (Fsp3) is 0.125. The molecule has 5 heteroatoms. The van der Waals surface area contributed by atoms with Crippen molar-refractivity contribution in [1.82, 2.24) is 15.0 Å². The van der Waals surface area contributed by atoms with Gasteiger partial charge in [-0.15, -0.1) is 0 Å². The molecule has 5 nitrogen and oxygen atoms in total. The van der Waals surface area contributed by atoms with Gasteiger partial charge in [-0.1, -0.05) is 0 Å². The van der Waals surface area contributed by atoms with Gasteiger partial charge in [0.25, 0.3) is 0 Å². The van der Waals surface area contributed by atoms with Crippen LogP contribution in [-0.2, 0) is 0 Å². The number of hydrogen-bond donors (Lipinski definition) is 2. The first-order chi connectivity index (χ1) is 6.20. The molecule has 0 unspecified atom stereocenters. The molecule has 0 spiro atoms. The summed E-state index contributed by atoms with van der Waals surface area (Å²) in [4.78, 5) is 21.6. The van der Waals surface area contributed by atoms with Gasteiger partial charge in [0.2, 0.25) is 0 Å². The van der Waals surface area contributed by atoms with Crippen LogP contribution in [0.4, 0.5) is 0 Å². The van der Waals surface area contributed by atoms with Crippen molar-refractivity contribution < 1.29 is 9.90 Å². The zero-order valence-electron chi connectivity index (χ0n) is 6.90. The Labute approximate surface area is 73.4 Å². The number of rotatable bonds is 1. The first-order valence-electron chi connectivity index (χ1n) is 3.72. The van der Waals surface area contributed by atoms with Gasteiger partial charge in [0.15, 0.2) is 5.65 Å². The summed E-state index contributed by atoms with van der Waals surface area (Å²) >= 11 is 0.